The molecule has 5 heterocycles. The summed E-state index contributed by atoms with van der Waals surface area (Å²) in [5, 5.41) is 4.98. The minimum Gasteiger partial charge on any atom is -0.491 e. The van der Waals surface area contributed by atoms with Gasteiger partial charge in [0.1, 0.15) is 23.0 Å². The van der Waals surface area contributed by atoms with Crippen LogP contribution in [0.4, 0.5) is 15.0 Å². The van der Waals surface area contributed by atoms with Gasteiger partial charge in [0.25, 0.3) is 5.91 Å². The number of aromatic nitrogens is 1. The Bertz CT molecular complexity index is 1480. The Labute approximate surface area is 236 Å². The first-order valence-electron chi connectivity index (χ1n) is 14.4. The largest absolute Gasteiger partial charge is 0.491 e. The molecule has 7 rings (SSSR count). The van der Waals surface area contributed by atoms with Gasteiger partial charge in [0.05, 0.1) is 13.2 Å². The summed E-state index contributed by atoms with van der Waals surface area (Å²) in [6, 6.07) is 4.64. The number of nitrogens with zero attached hydrogens (tertiary/aromatic N) is 4. The van der Waals surface area contributed by atoms with Gasteiger partial charge in [0.2, 0.25) is 5.91 Å². The number of halogens is 1. The third kappa shape index (κ3) is 4.54. The molecule has 2 aliphatic carbocycles. The van der Waals surface area contributed by atoms with Gasteiger partial charge in [-0.1, -0.05) is 13.0 Å². The number of carbonyl (C=O) groups is 3. The lowest BCUT2D eigenvalue weighted by Crippen LogP contribution is -2.53. The van der Waals surface area contributed by atoms with E-state index < -0.39 is 41.0 Å². The van der Waals surface area contributed by atoms with Crippen molar-refractivity contribution < 1.29 is 27.9 Å². The molecule has 0 radical (unpaired) electrons. The summed E-state index contributed by atoms with van der Waals surface area (Å²) in [5.41, 5.74) is -0.678. The van der Waals surface area contributed by atoms with Crippen LogP contribution in [0.2, 0.25) is 0 Å². The van der Waals surface area contributed by atoms with Crippen molar-refractivity contribution in [3.63, 3.8) is 0 Å². The first kappa shape index (κ1) is 26.0. The number of furan rings is 1. The van der Waals surface area contributed by atoms with Crippen molar-refractivity contribution in [3.8, 4) is 0 Å². The molecule has 12 heteroatoms. The first-order chi connectivity index (χ1) is 19.8. The van der Waals surface area contributed by atoms with Gasteiger partial charge >= 0.3 is 6.03 Å². The summed E-state index contributed by atoms with van der Waals surface area (Å²) in [6.07, 6.45) is 5.53. The van der Waals surface area contributed by atoms with E-state index >= 15 is 4.39 Å². The number of ether oxygens (including phenoxy) is 1. The summed E-state index contributed by atoms with van der Waals surface area (Å²) in [5.74, 6) is -1.57. The number of fused-ring (bicyclic) bond motifs is 2. The van der Waals surface area contributed by atoms with Gasteiger partial charge < -0.3 is 29.2 Å². The summed E-state index contributed by atoms with van der Waals surface area (Å²) < 4.78 is 27.2. The fourth-order valence-corrected chi connectivity index (χ4v) is 6.23. The Balaban J connectivity index is 1.15. The summed E-state index contributed by atoms with van der Waals surface area (Å²) >= 11 is 0. The molecule has 3 saturated heterocycles. The maximum atomic E-state index is 15.4. The average Bonchev–Trinajstić information content (AvgIpc) is 3.50. The van der Waals surface area contributed by atoms with E-state index in [-0.39, 0.29) is 24.6 Å². The fraction of sp³-hybridized carbons (Fsp3) is 0.517. The molecule has 41 heavy (non-hydrogen) atoms. The molecule has 11 nitrogen and oxygen atoms in total. The molecule has 0 spiro atoms. The highest BCUT2D eigenvalue weighted by Crippen LogP contribution is 2.41. The normalized spacial score (nSPS) is 28.5. The second-order valence-corrected chi connectivity index (χ2v) is 11.6. The van der Waals surface area contributed by atoms with Crippen LogP contribution < -0.4 is 15.5 Å². The molecule has 1 saturated carbocycles. The van der Waals surface area contributed by atoms with Gasteiger partial charge in [-0.3, -0.25) is 14.9 Å². The Hall–Kier alpha value is -3.93. The molecule has 3 atom stereocenters. The lowest BCUT2D eigenvalue weighted by Gasteiger charge is -2.34. The maximum absolute atomic E-state index is 15.4. The molecule has 216 valence electrons. The van der Waals surface area contributed by atoms with Crippen molar-refractivity contribution >= 4 is 34.8 Å². The number of anilines is 1. The lowest BCUT2D eigenvalue weighted by atomic mass is 9.89. The number of allylic oxidation sites excluding steroid dienone is 1. The molecule has 2 N–H and O–H groups in total. The van der Waals surface area contributed by atoms with Crippen LogP contribution in [0.25, 0.3) is 11.1 Å². The van der Waals surface area contributed by atoms with E-state index in [0.29, 0.717) is 23.6 Å². The topological polar surface area (TPSA) is 120 Å². The molecule has 0 aromatic carbocycles. The second-order valence-electron chi connectivity index (χ2n) is 11.6. The Morgan fingerprint density at radius 1 is 1.17 bits per heavy atom. The van der Waals surface area contributed by atoms with Crippen LogP contribution in [0.1, 0.15) is 25.5 Å². The van der Waals surface area contributed by atoms with Crippen LogP contribution in [0, 0.1) is 17.8 Å². The molecule has 3 unspecified atom stereocenters. The SMILES string of the molecule is CCN1CCN(c2ccc3oc(C4(CN5CC6C=CC(OCC7CC7)=C(F)C6C5=O)NC(=O)NC4=O)cc3n2)CC1. The van der Waals surface area contributed by atoms with E-state index in [1.54, 1.807) is 24.3 Å². The Kier molecular flexibility index (Phi) is 6.25. The zero-order valence-electron chi connectivity index (χ0n) is 22.9. The number of hydrogen-bond donors (Lipinski definition) is 2. The van der Waals surface area contributed by atoms with Crippen molar-refractivity contribution in [1.82, 2.24) is 25.4 Å². The molecule has 0 bridgehead atoms. The van der Waals surface area contributed by atoms with Crippen molar-refractivity contribution in [2.24, 2.45) is 17.8 Å². The van der Waals surface area contributed by atoms with Gasteiger partial charge in [0.15, 0.2) is 22.7 Å². The van der Waals surface area contributed by atoms with Crippen LogP contribution in [0.15, 0.2) is 46.4 Å². The molecule has 2 aromatic rings. The van der Waals surface area contributed by atoms with Crippen molar-refractivity contribution in [1.29, 1.82) is 0 Å². The van der Waals surface area contributed by atoms with Crippen LogP contribution in [-0.2, 0) is 19.9 Å². The van der Waals surface area contributed by atoms with Gasteiger partial charge in [0, 0.05) is 44.7 Å². The standard InChI is InChI=1S/C29H33FN6O5/c1-2-34-9-11-35(12-10-34)23-8-7-20-19(31-23)13-22(41-20)29(27(38)32-28(39)33-29)16-36-14-18-5-6-21(40-15-17-3-4-17)25(30)24(18)26(36)37/h5-8,13,17-18,24H,2-4,9-12,14-16H2,1H3,(H2,32,33,38,39). The van der Waals surface area contributed by atoms with E-state index in [9.17, 15) is 14.4 Å². The second kappa shape index (κ2) is 9.86. The number of likely N-dealkylation sites (tertiary alicyclic amines) is 1. The number of hydrogen-bond acceptors (Lipinski definition) is 8. The zero-order chi connectivity index (χ0) is 28.3. The van der Waals surface area contributed by atoms with E-state index in [4.69, 9.17) is 14.1 Å². The van der Waals surface area contributed by atoms with Crippen LogP contribution in [0.5, 0.6) is 0 Å². The average molecular weight is 565 g/mol. The number of pyridine rings is 1. The monoisotopic (exact) mass is 564 g/mol. The van der Waals surface area contributed by atoms with Gasteiger partial charge in [-0.15, -0.1) is 0 Å². The third-order valence-electron chi connectivity index (χ3n) is 8.90. The minimum atomic E-state index is -1.68. The molecular formula is C29H33FN6O5. The van der Waals surface area contributed by atoms with Crippen molar-refractivity contribution in [2.75, 3.05) is 57.3 Å². The van der Waals surface area contributed by atoms with E-state index in [1.807, 2.05) is 6.07 Å². The number of carbonyl (C=O) groups excluding carboxylic acids is 3. The number of urea groups is 1. The van der Waals surface area contributed by atoms with Crippen LogP contribution in [0.3, 0.4) is 0 Å². The summed E-state index contributed by atoms with van der Waals surface area (Å²) in [7, 11) is 0. The fourth-order valence-electron chi connectivity index (χ4n) is 6.23. The maximum Gasteiger partial charge on any atom is 0.322 e. The van der Waals surface area contributed by atoms with E-state index in [0.717, 1.165) is 51.4 Å². The Morgan fingerprint density at radius 2 is 1.98 bits per heavy atom. The van der Waals surface area contributed by atoms with Crippen LogP contribution in [-0.4, -0.2) is 85.0 Å². The smallest absolute Gasteiger partial charge is 0.322 e. The lowest BCUT2D eigenvalue weighted by molar-refractivity contribution is -0.133. The molecule has 4 fully saturated rings. The van der Waals surface area contributed by atoms with Crippen molar-refractivity contribution in [3.05, 3.63) is 47.7 Å². The first-order valence-corrected chi connectivity index (χ1v) is 14.4. The predicted molar refractivity (Wildman–Crippen MR) is 146 cm³/mol. The van der Waals surface area contributed by atoms with Gasteiger partial charge in [-0.25, -0.2) is 14.2 Å². The van der Waals surface area contributed by atoms with E-state index in [2.05, 4.69) is 27.4 Å². The minimum absolute atomic E-state index is 0.102. The highest BCUT2D eigenvalue weighted by atomic mass is 19.1. The van der Waals surface area contributed by atoms with Crippen molar-refractivity contribution in [2.45, 2.75) is 25.3 Å². The molecule has 3 aliphatic heterocycles. The van der Waals surface area contributed by atoms with Crippen LogP contribution >= 0.6 is 0 Å². The molecule has 4 amide bonds. The van der Waals surface area contributed by atoms with Gasteiger partial charge in [-0.2, -0.15) is 0 Å². The number of piperazine rings is 1. The summed E-state index contributed by atoms with van der Waals surface area (Å²) in [6.45, 7) is 7.20. The Morgan fingerprint density at radius 3 is 2.68 bits per heavy atom. The van der Waals surface area contributed by atoms with E-state index in [1.165, 1.54) is 4.90 Å². The predicted octanol–water partition coefficient (Wildman–Crippen LogP) is 2.26. The quantitative estimate of drug-likeness (QED) is 0.469. The number of amides is 4. The number of rotatable bonds is 8. The number of nitrogens with one attached hydrogen (secondary N) is 2. The number of likely N-dealkylation sites (N-methyl/N-ethyl adjacent to an activating group) is 1. The van der Waals surface area contributed by atoms with Gasteiger partial charge in [-0.05, 0) is 43.5 Å². The summed E-state index contributed by atoms with van der Waals surface area (Å²) in [4.78, 5) is 50.0. The molecule has 2 aromatic heterocycles. The highest BCUT2D eigenvalue weighted by molar-refractivity contribution is 6.08. The number of imide groups is 1. The molecule has 5 aliphatic rings. The third-order valence-corrected chi connectivity index (χ3v) is 8.90. The molecular weight excluding hydrogens is 531 g/mol. The highest BCUT2D eigenvalue weighted by Gasteiger charge is 2.55. The zero-order valence-corrected chi connectivity index (χ0v) is 22.9.